The van der Waals surface area contributed by atoms with Crippen LogP contribution in [0.25, 0.3) is 0 Å². The highest BCUT2D eigenvalue weighted by atomic mass is 32.1. The molecular weight excluding hydrogens is 284 g/mol. The third kappa shape index (κ3) is 5.61. The van der Waals surface area contributed by atoms with Gasteiger partial charge in [-0.15, -0.1) is 0 Å². The second-order valence-corrected chi connectivity index (χ2v) is 5.93. The van der Waals surface area contributed by atoms with Crippen LogP contribution in [0.15, 0.2) is 24.3 Å². The molecular formula is C16H24N2O2S. The molecule has 0 aliphatic carbocycles. The van der Waals surface area contributed by atoms with E-state index in [1.165, 1.54) is 12.8 Å². The van der Waals surface area contributed by atoms with Gasteiger partial charge in [-0.25, -0.2) is 0 Å². The lowest BCUT2D eigenvalue weighted by Gasteiger charge is -2.20. The lowest BCUT2D eigenvalue weighted by atomic mass is 10.2. The quantitative estimate of drug-likeness (QED) is 0.589. The van der Waals surface area contributed by atoms with Crippen molar-refractivity contribution in [1.82, 2.24) is 4.90 Å². The van der Waals surface area contributed by atoms with E-state index in [4.69, 9.17) is 27.4 Å². The van der Waals surface area contributed by atoms with Gasteiger partial charge in [0.15, 0.2) is 0 Å². The van der Waals surface area contributed by atoms with Gasteiger partial charge in [0.05, 0.1) is 12.7 Å². The zero-order chi connectivity index (χ0) is 15.1. The summed E-state index contributed by atoms with van der Waals surface area (Å²) < 4.78 is 11.4. The number of hydrogen-bond donors (Lipinski definition) is 1. The number of nitrogens with zero attached hydrogens (tertiary/aromatic N) is 1. The van der Waals surface area contributed by atoms with Crippen LogP contribution in [0.4, 0.5) is 0 Å². The van der Waals surface area contributed by atoms with Crippen LogP contribution in [0.3, 0.4) is 0 Å². The van der Waals surface area contributed by atoms with E-state index in [1.54, 1.807) is 0 Å². The maximum atomic E-state index is 5.72. The van der Waals surface area contributed by atoms with Crippen molar-refractivity contribution in [2.75, 3.05) is 33.4 Å². The summed E-state index contributed by atoms with van der Waals surface area (Å²) in [6.45, 7) is 3.67. The Hall–Kier alpha value is -1.17. The van der Waals surface area contributed by atoms with Gasteiger partial charge in [-0.3, -0.25) is 0 Å². The molecule has 1 aliphatic rings. The van der Waals surface area contributed by atoms with Crippen LogP contribution >= 0.6 is 12.2 Å². The van der Waals surface area contributed by atoms with Crippen molar-refractivity contribution in [3.05, 3.63) is 29.8 Å². The highest BCUT2D eigenvalue weighted by Crippen LogP contribution is 2.14. The van der Waals surface area contributed by atoms with Gasteiger partial charge < -0.3 is 20.1 Å². The summed E-state index contributed by atoms with van der Waals surface area (Å²) >= 11 is 4.92. The van der Waals surface area contributed by atoms with Crippen molar-refractivity contribution in [2.45, 2.75) is 25.4 Å². The summed E-state index contributed by atoms with van der Waals surface area (Å²) in [6.07, 6.45) is 3.81. The summed E-state index contributed by atoms with van der Waals surface area (Å²) in [5, 5.41) is 0. The van der Waals surface area contributed by atoms with Gasteiger partial charge in [0, 0.05) is 25.3 Å². The molecule has 4 nitrogen and oxygen atoms in total. The highest BCUT2D eigenvalue weighted by molar-refractivity contribution is 7.80. The lowest BCUT2D eigenvalue weighted by Crippen LogP contribution is -2.30. The molecule has 1 unspecified atom stereocenters. The molecule has 0 aromatic heterocycles. The first-order valence-corrected chi connectivity index (χ1v) is 7.89. The predicted octanol–water partition coefficient (Wildman–Crippen LogP) is 2.20. The molecule has 21 heavy (non-hydrogen) atoms. The smallest absolute Gasteiger partial charge is 0.119 e. The minimum absolute atomic E-state index is 0.414. The Balaban J connectivity index is 1.61. The number of thiocarbonyl (C=S) groups is 1. The van der Waals surface area contributed by atoms with Gasteiger partial charge in [0.2, 0.25) is 0 Å². The molecule has 116 valence electrons. The second kappa shape index (κ2) is 8.32. The fourth-order valence-electron chi connectivity index (χ4n) is 2.47. The monoisotopic (exact) mass is 308 g/mol. The molecule has 0 saturated carbocycles. The van der Waals surface area contributed by atoms with E-state index in [0.717, 1.165) is 37.4 Å². The molecule has 2 N–H and O–H groups in total. The standard InChI is InChI=1S/C16H24N2O2S/c1-18(12-15-4-2-10-20-15)9-3-11-19-14-7-5-13(6-8-14)16(17)21/h5-8,15H,2-4,9-12H2,1H3,(H2,17,21). The van der Waals surface area contributed by atoms with Crippen LogP contribution in [0.5, 0.6) is 5.75 Å². The van der Waals surface area contributed by atoms with E-state index in [1.807, 2.05) is 24.3 Å². The number of nitrogens with two attached hydrogens (primary N) is 1. The van der Waals surface area contributed by atoms with Crippen LogP contribution in [0.2, 0.25) is 0 Å². The van der Waals surface area contributed by atoms with Crippen LogP contribution < -0.4 is 10.5 Å². The predicted molar refractivity (Wildman–Crippen MR) is 88.9 cm³/mol. The van der Waals surface area contributed by atoms with Crippen LogP contribution in [-0.4, -0.2) is 49.3 Å². The zero-order valence-corrected chi connectivity index (χ0v) is 13.4. The maximum Gasteiger partial charge on any atom is 0.119 e. The molecule has 0 spiro atoms. The lowest BCUT2D eigenvalue weighted by molar-refractivity contribution is 0.0797. The molecule has 1 heterocycles. The average Bonchev–Trinajstić information content (AvgIpc) is 2.97. The molecule has 0 bridgehead atoms. The van der Waals surface area contributed by atoms with Crippen LogP contribution in [-0.2, 0) is 4.74 Å². The zero-order valence-electron chi connectivity index (χ0n) is 12.6. The average molecular weight is 308 g/mol. The minimum atomic E-state index is 0.414. The third-order valence-corrected chi connectivity index (χ3v) is 3.87. The Morgan fingerprint density at radius 3 is 2.81 bits per heavy atom. The van der Waals surface area contributed by atoms with Crippen molar-refractivity contribution in [1.29, 1.82) is 0 Å². The van der Waals surface area contributed by atoms with Gasteiger partial charge >= 0.3 is 0 Å². The molecule has 1 fully saturated rings. The number of rotatable bonds is 8. The topological polar surface area (TPSA) is 47.7 Å². The van der Waals surface area contributed by atoms with E-state index < -0.39 is 0 Å². The first-order valence-electron chi connectivity index (χ1n) is 7.48. The number of hydrogen-bond acceptors (Lipinski definition) is 4. The minimum Gasteiger partial charge on any atom is -0.494 e. The van der Waals surface area contributed by atoms with Gasteiger partial charge in [-0.05, 0) is 50.6 Å². The van der Waals surface area contributed by atoms with E-state index in [0.29, 0.717) is 17.7 Å². The van der Waals surface area contributed by atoms with E-state index in [9.17, 15) is 0 Å². The molecule has 1 aromatic rings. The Morgan fingerprint density at radius 2 is 2.19 bits per heavy atom. The summed E-state index contributed by atoms with van der Waals surface area (Å²) in [4.78, 5) is 2.73. The molecule has 0 amide bonds. The molecule has 1 aliphatic heterocycles. The summed E-state index contributed by atoms with van der Waals surface area (Å²) in [5.74, 6) is 0.858. The number of likely N-dealkylation sites (N-methyl/N-ethyl adjacent to an activating group) is 1. The van der Waals surface area contributed by atoms with Gasteiger partial charge in [0.1, 0.15) is 10.7 Å². The molecule has 2 rings (SSSR count). The first-order chi connectivity index (χ1) is 10.1. The Bertz CT molecular complexity index is 444. The normalized spacial score (nSPS) is 18.1. The fraction of sp³-hybridized carbons (Fsp3) is 0.562. The van der Waals surface area contributed by atoms with Crippen LogP contribution in [0, 0.1) is 0 Å². The SMILES string of the molecule is CN(CCCOc1ccc(C(N)=S)cc1)CC1CCCO1. The number of ether oxygens (including phenoxy) is 2. The van der Waals surface area contributed by atoms with Crippen LogP contribution in [0.1, 0.15) is 24.8 Å². The largest absolute Gasteiger partial charge is 0.494 e. The van der Waals surface area contributed by atoms with Crippen molar-refractivity contribution < 1.29 is 9.47 Å². The van der Waals surface area contributed by atoms with E-state index in [-0.39, 0.29) is 0 Å². The van der Waals surface area contributed by atoms with E-state index in [2.05, 4.69) is 11.9 Å². The van der Waals surface area contributed by atoms with Crippen molar-refractivity contribution in [3.8, 4) is 5.75 Å². The Morgan fingerprint density at radius 1 is 1.43 bits per heavy atom. The molecule has 1 atom stereocenters. The number of benzene rings is 1. The third-order valence-electron chi connectivity index (χ3n) is 3.63. The second-order valence-electron chi connectivity index (χ2n) is 5.49. The fourth-order valence-corrected chi connectivity index (χ4v) is 2.60. The summed E-state index contributed by atoms with van der Waals surface area (Å²) in [5.41, 5.74) is 6.43. The maximum absolute atomic E-state index is 5.72. The van der Waals surface area contributed by atoms with Crippen molar-refractivity contribution in [3.63, 3.8) is 0 Å². The summed E-state index contributed by atoms with van der Waals surface area (Å²) in [7, 11) is 2.14. The highest BCUT2D eigenvalue weighted by Gasteiger charge is 2.16. The Kier molecular flexibility index (Phi) is 6.42. The molecule has 0 radical (unpaired) electrons. The van der Waals surface area contributed by atoms with Crippen molar-refractivity contribution >= 4 is 17.2 Å². The van der Waals surface area contributed by atoms with Gasteiger partial charge in [0.25, 0.3) is 0 Å². The summed E-state index contributed by atoms with van der Waals surface area (Å²) in [6, 6.07) is 7.59. The molecule has 5 heteroatoms. The first kappa shape index (κ1) is 16.2. The molecule has 1 saturated heterocycles. The Labute approximate surface area is 132 Å². The van der Waals surface area contributed by atoms with Gasteiger partial charge in [-0.2, -0.15) is 0 Å². The van der Waals surface area contributed by atoms with E-state index >= 15 is 0 Å². The molecule has 1 aromatic carbocycles. The van der Waals surface area contributed by atoms with Crippen molar-refractivity contribution in [2.24, 2.45) is 5.73 Å². The van der Waals surface area contributed by atoms with Gasteiger partial charge in [-0.1, -0.05) is 12.2 Å².